The molecular formula is C13H16BrNO2. The van der Waals surface area contributed by atoms with E-state index in [0.717, 1.165) is 24.7 Å². The van der Waals surface area contributed by atoms with Crippen LogP contribution in [0.5, 0.6) is 5.75 Å². The van der Waals surface area contributed by atoms with Crippen LogP contribution in [0.25, 0.3) is 0 Å². The van der Waals surface area contributed by atoms with Gasteiger partial charge in [-0.1, -0.05) is 34.1 Å². The van der Waals surface area contributed by atoms with Gasteiger partial charge in [-0.25, -0.2) is 0 Å². The maximum absolute atomic E-state index is 12.1. The second-order valence-electron chi connectivity index (χ2n) is 4.31. The van der Waals surface area contributed by atoms with Crippen LogP contribution in [0, 0.1) is 0 Å². The number of carbonyl (C=O) groups is 1. The first-order valence-corrected chi connectivity index (χ1v) is 6.97. The number of amides is 1. The van der Waals surface area contributed by atoms with E-state index in [-0.39, 0.29) is 18.1 Å². The van der Waals surface area contributed by atoms with Crippen LogP contribution in [-0.2, 0) is 11.2 Å². The van der Waals surface area contributed by atoms with Gasteiger partial charge in [-0.3, -0.25) is 4.79 Å². The summed E-state index contributed by atoms with van der Waals surface area (Å²) in [5.74, 6) is 0.309. The minimum Gasteiger partial charge on any atom is -0.508 e. The molecule has 0 spiro atoms. The average molecular weight is 298 g/mol. The monoisotopic (exact) mass is 297 g/mol. The van der Waals surface area contributed by atoms with Crippen molar-refractivity contribution >= 4 is 21.8 Å². The molecule has 3 nitrogen and oxygen atoms in total. The molecular weight excluding hydrogens is 282 g/mol. The Morgan fingerprint density at radius 1 is 1.41 bits per heavy atom. The summed E-state index contributed by atoms with van der Waals surface area (Å²) >= 11 is 3.37. The molecule has 0 bridgehead atoms. The topological polar surface area (TPSA) is 40.5 Å². The van der Waals surface area contributed by atoms with Crippen LogP contribution < -0.4 is 0 Å². The van der Waals surface area contributed by atoms with E-state index in [9.17, 15) is 9.90 Å². The molecule has 1 fully saturated rings. The molecule has 0 saturated heterocycles. The molecule has 1 aromatic carbocycles. The third-order valence-electron chi connectivity index (χ3n) is 2.97. The van der Waals surface area contributed by atoms with Crippen LogP contribution in [0.4, 0.5) is 0 Å². The van der Waals surface area contributed by atoms with E-state index in [1.165, 1.54) is 0 Å². The summed E-state index contributed by atoms with van der Waals surface area (Å²) in [4.78, 5) is 14.0. The summed E-state index contributed by atoms with van der Waals surface area (Å²) in [6, 6.07) is 7.45. The van der Waals surface area contributed by atoms with Gasteiger partial charge in [0.05, 0.1) is 6.42 Å². The predicted molar refractivity (Wildman–Crippen MR) is 70.3 cm³/mol. The second-order valence-corrected chi connectivity index (χ2v) is 5.11. The Morgan fingerprint density at radius 2 is 2.12 bits per heavy atom. The maximum Gasteiger partial charge on any atom is 0.227 e. The number of phenolic OH excluding ortho intramolecular Hbond substituents is 1. The number of para-hydroxylation sites is 1. The Labute approximate surface area is 110 Å². The molecule has 92 valence electrons. The lowest BCUT2D eigenvalue weighted by Crippen LogP contribution is -2.35. The van der Waals surface area contributed by atoms with Crippen molar-refractivity contribution in [3.63, 3.8) is 0 Å². The van der Waals surface area contributed by atoms with Crippen LogP contribution in [0.15, 0.2) is 24.3 Å². The molecule has 0 aliphatic heterocycles. The SMILES string of the molecule is O=C(Cc1ccccc1O)N(CCBr)C1CC1. The second kappa shape index (κ2) is 5.54. The Balaban J connectivity index is 2.02. The molecule has 1 saturated carbocycles. The molecule has 17 heavy (non-hydrogen) atoms. The van der Waals surface area contributed by atoms with Crippen molar-refractivity contribution in [2.75, 3.05) is 11.9 Å². The molecule has 0 radical (unpaired) electrons. The summed E-state index contributed by atoms with van der Waals surface area (Å²) < 4.78 is 0. The first-order valence-electron chi connectivity index (χ1n) is 5.84. The first-order chi connectivity index (χ1) is 8.22. The highest BCUT2D eigenvalue weighted by molar-refractivity contribution is 9.09. The van der Waals surface area contributed by atoms with Crippen LogP contribution in [0.1, 0.15) is 18.4 Å². The number of hydrogen-bond donors (Lipinski definition) is 1. The van der Waals surface area contributed by atoms with Crippen molar-refractivity contribution in [2.45, 2.75) is 25.3 Å². The molecule has 4 heteroatoms. The minimum atomic E-state index is 0.105. The number of hydrogen-bond acceptors (Lipinski definition) is 2. The number of carbonyl (C=O) groups excluding carboxylic acids is 1. The zero-order valence-corrected chi connectivity index (χ0v) is 11.2. The van der Waals surface area contributed by atoms with Gasteiger partial charge in [0.1, 0.15) is 5.75 Å². The number of phenols is 1. The molecule has 0 unspecified atom stereocenters. The van der Waals surface area contributed by atoms with Gasteiger partial charge in [0, 0.05) is 23.5 Å². The highest BCUT2D eigenvalue weighted by atomic mass is 79.9. The smallest absolute Gasteiger partial charge is 0.227 e. The zero-order valence-electron chi connectivity index (χ0n) is 9.60. The largest absolute Gasteiger partial charge is 0.508 e. The summed E-state index contributed by atoms with van der Waals surface area (Å²) in [6.07, 6.45) is 2.51. The standard InChI is InChI=1S/C13H16BrNO2/c14-7-8-15(11-5-6-11)13(17)9-10-3-1-2-4-12(10)16/h1-4,11,16H,5-9H2. The minimum absolute atomic E-state index is 0.105. The van der Waals surface area contributed by atoms with Crippen molar-refractivity contribution in [2.24, 2.45) is 0 Å². The third kappa shape index (κ3) is 3.22. The number of alkyl halides is 1. The molecule has 1 aliphatic rings. The Morgan fingerprint density at radius 3 is 2.71 bits per heavy atom. The van der Waals surface area contributed by atoms with Gasteiger partial charge in [-0.05, 0) is 18.9 Å². The fourth-order valence-electron chi connectivity index (χ4n) is 1.91. The van der Waals surface area contributed by atoms with Gasteiger partial charge < -0.3 is 10.0 Å². The number of benzene rings is 1. The van der Waals surface area contributed by atoms with Crippen molar-refractivity contribution in [1.29, 1.82) is 0 Å². The molecule has 1 aromatic rings. The summed E-state index contributed by atoms with van der Waals surface area (Å²) in [5, 5.41) is 10.4. The van der Waals surface area contributed by atoms with Crippen molar-refractivity contribution in [3.05, 3.63) is 29.8 Å². The predicted octanol–water partition coefficient (Wildman–Crippen LogP) is 2.32. The third-order valence-corrected chi connectivity index (χ3v) is 3.32. The van der Waals surface area contributed by atoms with Crippen molar-refractivity contribution in [3.8, 4) is 5.75 Å². The highest BCUT2D eigenvalue weighted by Gasteiger charge is 2.31. The summed E-state index contributed by atoms with van der Waals surface area (Å²) in [7, 11) is 0. The molecule has 1 N–H and O–H groups in total. The van der Waals surface area contributed by atoms with Gasteiger partial charge in [-0.15, -0.1) is 0 Å². The lowest BCUT2D eigenvalue weighted by atomic mass is 10.1. The summed E-state index contributed by atoms with van der Waals surface area (Å²) in [5.41, 5.74) is 0.706. The highest BCUT2D eigenvalue weighted by Crippen LogP contribution is 2.28. The lowest BCUT2D eigenvalue weighted by molar-refractivity contribution is -0.130. The lowest BCUT2D eigenvalue weighted by Gasteiger charge is -2.21. The van der Waals surface area contributed by atoms with E-state index in [2.05, 4.69) is 15.9 Å². The molecule has 1 aliphatic carbocycles. The Bertz CT molecular complexity index is 404. The van der Waals surface area contributed by atoms with E-state index in [0.29, 0.717) is 11.6 Å². The van der Waals surface area contributed by atoms with Crippen molar-refractivity contribution in [1.82, 2.24) is 4.90 Å². The Hall–Kier alpha value is -1.03. The van der Waals surface area contributed by atoms with E-state index < -0.39 is 0 Å². The van der Waals surface area contributed by atoms with E-state index >= 15 is 0 Å². The van der Waals surface area contributed by atoms with Gasteiger partial charge in [0.2, 0.25) is 5.91 Å². The van der Waals surface area contributed by atoms with Crippen LogP contribution in [0.3, 0.4) is 0 Å². The van der Waals surface area contributed by atoms with Crippen LogP contribution in [-0.4, -0.2) is 33.8 Å². The molecule has 0 atom stereocenters. The van der Waals surface area contributed by atoms with Crippen LogP contribution >= 0.6 is 15.9 Å². The van der Waals surface area contributed by atoms with Gasteiger partial charge in [0.25, 0.3) is 0 Å². The summed E-state index contributed by atoms with van der Waals surface area (Å²) in [6.45, 7) is 0.747. The number of rotatable bonds is 5. The number of nitrogens with zero attached hydrogens (tertiary/aromatic N) is 1. The fraction of sp³-hybridized carbons (Fsp3) is 0.462. The Kier molecular flexibility index (Phi) is 4.05. The zero-order chi connectivity index (χ0) is 12.3. The van der Waals surface area contributed by atoms with Gasteiger partial charge in [-0.2, -0.15) is 0 Å². The first kappa shape index (κ1) is 12.4. The van der Waals surface area contributed by atoms with E-state index in [1.54, 1.807) is 18.2 Å². The van der Waals surface area contributed by atoms with E-state index in [4.69, 9.17) is 0 Å². The quantitative estimate of drug-likeness (QED) is 0.848. The normalized spacial score (nSPS) is 14.6. The van der Waals surface area contributed by atoms with E-state index in [1.807, 2.05) is 11.0 Å². The molecule has 0 aromatic heterocycles. The average Bonchev–Trinajstić information content (AvgIpc) is 3.13. The number of aromatic hydroxyl groups is 1. The molecule has 0 heterocycles. The van der Waals surface area contributed by atoms with Gasteiger partial charge in [0.15, 0.2) is 0 Å². The van der Waals surface area contributed by atoms with Gasteiger partial charge >= 0.3 is 0 Å². The molecule has 1 amide bonds. The number of halogens is 1. The fourth-order valence-corrected chi connectivity index (χ4v) is 2.30. The maximum atomic E-state index is 12.1. The van der Waals surface area contributed by atoms with Crippen LogP contribution in [0.2, 0.25) is 0 Å². The van der Waals surface area contributed by atoms with Crippen molar-refractivity contribution < 1.29 is 9.90 Å². The molecule has 2 rings (SSSR count).